The largest absolute Gasteiger partial charge is 0.398 e. The number of rotatable bonds is 0. The summed E-state index contributed by atoms with van der Waals surface area (Å²) in [7, 11) is 0. The molecule has 62 valence electrons. The number of nitrogen functional groups attached to an aromatic ring is 1. The van der Waals surface area contributed by atoms with Gasteiger partial charge in [0.1, 0.15) is 5.82 Å². The van der Waals surface area contributed by atoms with Crippen LogP contribution in [0, 0.1) is 5.82 Å². The van der Waals surface area contributed by atoms with Crippen LogP contribution in [0.4, 0.5) is 10.1 Å². The molecule has 2 aromatic rings. The Morgan fingerprint density at radius 3 is 2.92 bits per heavy atom. The number of hydrogen-bond donors (Lipinski definition) is 2. The monoisotopic (exact) mass is 199 g/mol. The molecule has 0 unspecified atom stereocenters. The van der Waals surface area contributed by atoms with Crippen molar-refractivity contribution >= 4 is 39.7 Å². The van der Waals surface area contributed by atoms with Crippen molar-refractivity contribution in [3.05, 3.63) is 23.3 Å². The molecule has 1 aromatic heterocycles. The van der Waals surface area contributed by atoms with Gasteiger partial charge < -0.3 is 5.73 Å². The summed E-state index contributed by atoms with van der Waals surface area (Å²) in [6, 6.07) is 3.11. The van der Waals surface area contributed by atoms with Crippen molar-refractivity contribution in [2.75, 3.05) is 5.73 Å². The van der Waals surface area contributed by atoms with Crippen LogP contribution in [0.3, 0.4) is 0 Å². The van der Waals surface area contributed by atoms with Gasteiger partial charge in [-0.1, -0.05) is 0 Å². The molecule has 1 nitrogen and oxygen atoms in total. The predicted octanol–water partition coefficient (Wildman–Crippen LogP) is 2.91. The summed E-state index contributed by atoms with van der Waals surface area (Å²) in [4.78, 5) is 0.340. The third kappa shape index (κ3) is 1.07. The molecule has 12 heavy (non-hydrogen) atoms. The van der Waals surface area contributed by atoms with Crippen molar-refractivity contribution in [2.45, 2.75) is 4.90 Å². The first-order valence-corrected chi connectivity index (χ1v) is 4.66. The topological polar surface area (TPSA) is 26.0 Å². The van der Waals surface area contributed by atoms with Crippen molar-refractivity contribution in [1.29, 1.82) is 0 Å². The fraction of sp³-hybridized carbons (Fsp3) is 0. The molecule has 0 aliphatic heterocycles. The van der Waals surface area contributed by atoms with E-state index in [1.54, 1.807) is 11.4 Å². The number of thiophene rings is 1. The van der Waals surface area contributed by atoms with Crippen molar-refractivity contribution in [3.8, 4) is 0 Å². The van der Waals surface area contributed by atoms with E-state index < -0.39 is 0 Å². The van der Waals surface area contributed by atoms with E-state index in [0.717, 1.165) is 10.1 Å². The van der Waals surface area contributed by atoms with Crippen LogP contribution in [-0.2, 0) is 0 Å². The van der Waals surface area contributed by atoms with Gasteiger partial charge in [-0.3, -0.25) is 0 Å². The summed E-state index contributed by atoms with van der Waals surface area (Å²) in [5.41, 5.74) is 6.33. The van der Waals surface area contributed by atoms with Crippen LogP contribution in [0.25, 0.3) is 10.1 Å². The van der Waals surface area contributed by atoms with Gasteiger partial charge in [0.2, 0.25) is 0 Å². The van der Waals surface area contributed by atoms with Crippen LogP contribution < -0.4 is 5.73 Å². The quantitative estimate of drug-likeness (QED) is 0.627. The van der Waals surface area contributed by atoms with Gasteiger partial charge in [0.25, 0.3) is 0 Å². The van der Waals surface area contributed by atoms with Crippen LogP contribution in [-0.4, -0.2) is 0 Å². The second-order valence-corrected chi connectivity index (χ2v) is 3.88. The average Bonchev–Trinajstić information content (AvgIpc) is 2.35. The lowest BCUT2D eigenvalue weighted by Crippen LogP contribution is -1.82. The molecule has 1 heterocycles. The Hall–Kier alpha value is -0.740. The van der Waals surface area contributed by atoms with E-state index in [-0.39, 0.29) is 5.82 Å². The number of fused-ring (bicyclic) bond motifs is 1. The average molecular weight is 199 g/mol. The van der Waals surface area contributed by atoms with E-state index in [0.29, 0.717) is 10.6 Å². The lowest BCUT2D eigenvalue weighted by atomic mass is 10.2. The van der Waals surface area contributed by atoms with Crippen molar-refractivity contribution < 1.29 is 4.39 Å². The predicted molar refractivity (Wildman–Crippen MR) is 53.4 cm³/mol. The van der Waals surface area contributed by atoms with Gasteiger partial charge in [0, 0.05) is 20.4 Å². The zero-order valence-electron chi connectivity index (χ0n) is 6.04. The van der Waals surface area contributed by atoms with Gasteiger partial charge in [0.05, 0.1) is 5.69 Å². The van der Waals surface area contributed by atoms with Crippen molar-refractivity contribution in [2.24, 2.45) is 0 Å². The Balaban J connectivity index is 2.87. The maximum Gasteiger partial charge on any atom is 0.137 e. The van der Waals surface area contributed by atoms with Gasteiger partial charge >= 0.3 is 0 Å². The summed E-state index contributed by atoms with van der Waals surface area (Å²) in [5.74, 6) is -0.298. The van der Waals surface area contributed by atoms with Crippen LogP contribution in [0.5, 0.6) is 0 Å². The first-order chi connectivity index (χ1) is 5.68. The lowest BCUT2D eigenvalue weighted by molar-refractivity contribution is 0.605. The summed E-state index contributed by atoms with van der Waals surface area (Å²) in [6.07, 6.45) is 0. The van der Waals surface area contributed by atoms with Gasteiger partial charge in [-0.15, -0.1) is 24.0 Å². The van der Waals surface area contributed by atoms with Crippen LogP contribution >= 0.6 is 24.0 Å². The molecule has 0 aliphatic carbocycles. The maximum absolute atomic E-state index is 12.9. The number of thiol groups is 1. The molecule has 0 saturated heterocycles. The molecule has 2 N–H and O–H groups in total. The molecule has 0 aliphatic rings. The molecule has 0 atom stereocenters. The first kappa shape index (κ1) is 7.89. The number of nitrogens with two attached hydrogens (primary N) is 1. The molecule has 2 rings (SSSR count). The molecular formula is C8H6FNS2. The third-order valence-electron chi connectivity index (χ3n) is 1.67. The molecule has 0 saturated carbocycles. The Morgan fingerprint density at radius 1 is 1.42 bits per heavy atom. The van der Waals surface area contributed by atoms with Crippen molar-refractivity contribution in [1.82, 2.24) is 0 Å². The molecular weight excluding hydrogens is 193 g/mol. The molecule has 4 heteroatoms. The Kier molecular flexibility index (Phi) is 1.73. The van der Waals surface area contributed by atoms with E-state index in [1.165, 1.54) is 17.4 Å². The highest BCUT2D eigenvalue weighted by Crippen LogP contribution is 2.31. The maximum atomic E-state index is 12.9. The minimum Gasteiger partial charge on any atom is -0.398 e. The molecule has 0 radical (unpaired) electrons. The summed E-state index contributed by atoms with van der Waals surface area (Å²) >= 11 is 5.41. The van der Waals surface area contributed by atoms with Crippen LogP contribution in [0.1, 0.15) is 0 Å². The Morgan fingerprint density at radius 2 is 2.17 bits per heavy atom. The van der Waals surface area contributed by atoms with Gasteiger partial charge in [-0.2, -0.15) is 0 Å². The second kappa shape index (κ2) is 2.64. The Bertz CT molecular complexity index is 436. The lowest BCUT2D eigenvalue weighted by Gasteiger charge is -1.95. The second-order valence-electron chi connectivity index (χ2n) is 2.49. The standard InChI is InChI=1S/C8H6FNS2/c9-5-2-8-4(1-7(5)11)6(10)3-12-8/h1-3,11H,10H2. The van der Waals surface area contributed by atoms with Gasteiger partial charge in [0.15, 0.2) is 0 Å². The van der Waals surface area contributed by atoms with E-state index in [2.05, 4.69) is 12.6 Å². The third-order valence-corrected chi connectivity index (χ3v) is 2.98. The SMILES string of the molecule is Nc1csc2cc(F)c(S)cc12. The fourth-order valence-corrected chi connectivity index (χ4v) is 2.11. The summed E-state index contributed by atoms with van der Waals surface area (Å²) in [6.45, 7) is 0. The number of hydrogen-bond acceptors (Lipinski definition) is 3. The molecule has 0 spiro atoms. The molecule has 0 fully saturated rings. The number of halogens is 1. The van der Waals surface area contributed by atoms with E-state index in [9.17, 15) is 4.39 Å². The van der Waals surface area contributed by atoms with E-state index in [4.69, 9.17) is 5.73 Å². The highest BCUT2D eigenvalue weighted by molar-refractivity contribution is 7.80. The van der Waals surface area contributed by atoms with E-state index in [1.807, 2.05) is 0 Å². The highest BCUT2D eigenvalue weighted by Gasteiger charge is 2.04. The van der Waals surface area contributed by atoms with Crippen LogP contribution in [0.2, 0.25) is 0 Å². The molecule has 1 aromatic carbocycles. The Labute approximate surface area is 78.4 Å². The molecule has 0 bridgehead atoms. The van der Waals surface area contributed by atoms with Gasteiger partial charge in [-0.05, 0) is 12.1 Å². The zero-order valence-corrected chi connectivity index (χ0v) is 7.75. The van der Waals surface area contributed by atoms with Gasteiger partial charge in [-0.25, -0.2) is 4.39 Å². The first-order valence-electron chi connectivity index (χ1n) is 3.33. The summed E-state index contributed by atoms with van der Waals surface area (Å²) in [5, 5.41) is 2.68. The normalized spacial score (nSPS) is 10.8. The number of benzene rings is 1. The number of anilines is 1. The van der Waals surface area contributed by atoms with Crippen LogP contribution in [0.15, 0.2) is 22.4 Å². The minimum absolute atomic E-state index is 0.298. The summed E-state index contributed by atoms with van der Waals surface area (Å²) < 4.78 is 13.8. The smallest absolute Gasteiger partial charge is 0.137 e. The molecule has 0 amide bonds. The highest BCUT2D eigenvalue weighted by atomic mass is 32.1. The zero-order chi connectivity index (χ0) is 8.72. The van der Waals surface area contributed by atoms with E-state index >= 15 is 0 Å². The fourth-order valence-electron chi connectivity index (χ4n) is 1.06. The van der Waals surface area contributed by atoms with Crippen molar-refractivity contribution in [3.63, 3.8) is 0 Å². The minimum atomic E-state index is -0.298.